The van der Waals surface area contributed by atoms with Crippen LogP contribution in [0.1, 0.15) is 21.7 Å². The number of aromatic nitrogens is 1. The van der Waals surface area contributed by atoms with Crippen molar-refractivity contribution < 1.29 is 22.7 Å². The molecule has 2 aromatic rings. The molecule has 0 saturated heterocycles. The van der Waals surface area contributed by atoms with Crippen LogP contribution in [0.25, 0.3) is 0 Å². The van der Waals surface area contributed by atoms with Crippen LogP contribution in [0.15, 0.2) is 38.5 Å². The van der Waals surface area contributed by atoms with Crippen molar-refractivity contribution in [1.82, 2.24) is 9.71 Å². The number of halogens is 1. The molecule has 0 radical (unpaired) electrons. The van der Waals surface area contributed by atoms with E-state index in [2.05, 4.69) is 25.6 Å². The third-order valence-corrected chi connectivity index (χ3v) is 5.00. The topological polar surface area (TPSA) is 110 Å². The van der Waals surface area contributed by atoms with Crippen LogP contribution < -0.4 is 4.72 Å². The van der Waals surface area contributed by atoms with Gasteiger partial charge >= 0.3 is 5.97 Å². The first kappa shape index (κ1) is 15.7. The van der Waals surface area contributed by atoms with Gasteiger partial charge in [-0.05, 0) is 40.0 Å². The molecule has 2 N–H and O–H groups in total. The molecule has 112 valence electrons. The first-order valence-electron chi connectivity index (χ1n) is 5.73. The van der Waals surface area contributed by atoms with Gasteiger partial charge in [-0.25, -0.2) is 17.9 Å². The molecule has 0 atom stereocenters. The number of hydrogen-bond acceptors (Lipinski definition) is 5. The number of aromatic carboxylic acids is 1. The number of pyridine rings is 1. The van der Waals surface area contributed by atoms with Crippen LogP contribution in [0.5, 0.6) is 0 Å². The number of rotatable bonds is 5. The van der Waals surface area contributed by atoms with Crippen LogP contribution in [-0.4, -0.2) is 24.5 Å². The third kappa shape index (κ3) is 3.49. The number of furan rings is 1. The molecular weight excluding hydrogens is 364 g/mol. The highest BCUT2D eigenvalue weighted by Gasteiger charge is 2.24. The first-order chi connectivity index (χ1) is 9.81. The van der Waals surface area contributed by atoms with E-state index in [9.17, 15) is 13.2 Å². The van der Waals surface area contributed by atoms with Crippen LogP contribution in [0.3, 0.4) is 0 Å². The lowest BCUT2D eigenvalue weighted by Crippen LogP contribution is -2.23. The quantitative estimate of drug-likeness (QED) is 0.827. The molecule has 2 rings (SSSR count). The van der Waals surface area contributed by atoms with Crippen molar-refractivity contribution in [2.45, 2.75) is 18.4 Å². The number of carbonyl (C=O) groups is 1. The molecule has 0 amide bonds. The molecule has 0 aliphatic rings. The zero-order chi connectivity index (χ0) is 15.6. The van der Waals surface area contributed by atoms with E-state index in [1.807, 2.05) is 6.92 Å². The predicted molar refractivity (Wildman–Crippen MR) is 76.4 cm³/mol. The van der Waals surface area contributed by atoms with E-state index in [0.29, 0.717) is 0 Å². The average molecular weight is 375 g/mol. The molecular formula is C12H11BrN2O5S. The minimum absolute atomic E-state index is 0.0662. The summed E-state index contributed by atoms with van der Waals surface area (Å²) in [6.07, 6.45) is 3.19. The molecule has 0 aromatic carbocycles. The fourth-order valence-corrected chi connectivity index (χ4v) is 3.54. The van der Waals surface area contributed by atoms with Gasteiger partial charge in [-0.2, -0.15) is 0 Å². The van der Waals surface area contributed by atoms with Gasteiger partial charge in [0, 0.05) is 25.0 Å². The molecule has 0 unspecified atom stereocenters. The summed E-state index contributed by atoms with van der Waals surface area (Å²) in [5.41, 5.74) is 1.62. The number of sulfonamides is 1. The Hall–Kier alpha value is -1.71. The Labute approximate surface area is 129 Å². The van der Waals surface area contributed by atoms with Gasteiger partial charge in [0.1, 0.15) is 4.90 Å². The largest absolute Gasteiger partial charge is 0.475 e. The van der Waals surface area contributed by atoms with E-state index in [1.54, 1.807) is 18.5 Å². The van der Waals surface area contributed by atoms with Gasteiger partial charge < -0.3 is 9.52 Å². The Morgan fingerprint density at radius 3 is 2.81 bits per heavy atom. The van der Waals surface area contributed by atoms with Crippen LogP contribution in [0, 0.1) is 6.92 Å². The standard InChI is InChI=1S/C12H11BrN2O5S/c1-7-5-14-3-2-8(7)6-15-21(18,19)10-4-9(12(16)17)20-11(10)13/h2-5,15H,6H2,1H3,(H,16,17). The summed E-state index contributed by atoms with van der Waals surface area (Å²) in [6, 6.07) is 2.65. The van der Waals surface area contributed by atoms with Crippen molar-refractivity contribution in [3.8, 4) is 0 Å². The minimum Gasteiger partial charge on any atom is -0.475 e. The first-order valence-corrected chi connectivity index (χ1v) is 8.00. The van der Waals surface area contributed by atoms with E-state index in [-0.39, 0.29) is 16.1 Å². The summed E-state index contributed by atoms with van der Waals surface area (Å²) in [5, 5.41) is 8.80. The van der Waals surface area contributed by atoms with Crippen molar-refractivity contribution in [3.05, 3.63) is 46.1 Å². The van der Waals surface area contributed by atoms with Crippen LogP contribution in [0.4, 0.5) is 0 Å². The number of nitrogens with one attached hydrogen (secondary N) is 1. The van der Waals surface area contributed by atoms with Crippen molar-refractivity contribution in [2.75, 3.05) is 0 Å². The zero-order valence-electron chi connectivity index (χ0n) is 10.8. The fraction of sp³-hybridized carbons (Fsp3) is 0.167. The molecule has 0 bridgehead atoms. The molecule has 0 aliphatic heterocycles. The number of hydrogen-bond donors (Lipinski definition) is 2. The van der Waals surface area contributed by atoms with E-state index < -0.39 is 21.8 Å². The molecule has 0 spiro atoms. The van der Waals surface area contributed by atoms with Crippen molar-refractivity contribution in [2.24, 2.45) is 0 Å². The second-order valence-corrected chi connectivity index (χ2v) is 6.64. The van der Waals surface area contributed by atoms with Gasteiger partial charge in [-0.15, -0.1) is 0 Å². The van der Waals surface area contributed by atoms with Crippen LogP contribution in [0.2, 0.25) is 0 Å². The molecule has 2 heterocycles. The number of carboxylic acid groups (broad SMARTS) is 1. The number of aryl methyl sites for hydroxylation is 1. The molecule has 9 heteroatoms. The maximum Gasteiger partial charge on any atom is 0.371 e. The van der Waals surface area contributed by atoms with Crippen LogP contribution >= 0.6 is 15.9 Å². The van der Waals surface area contributed by atoms with E-state index in [1.165, 1.54) is 0 Å². The lowest BCUT2D eigenvalue weighted by atomic mass is 10.2. The highest BCUT2D eigenvalue weighted by Crippen LogP contribution is 2.26. The smallest absolute Gasteiger partial charge is 0.371 e. The second kappa shape index (κ2) is 5.96. The van der Waals surface area contributed by atoms with Gasteiger partial charge in [0.05, 0.1) is 0 Å². The summed E-state index contributed by atoms with van der Waals surface area (Å²) in [6.45, 7) is 1.88. The summed E-state index contributed by atoms with van der Waals surface area (Å²) in [5.74, 6) is -1.80. The van der Waals surface area contributed by atoms with Crippen molar-refractivity contribution >= 4 is 31.9 Å². The van der Waals surface area contributed by atoms with Gasteiger partial charge in [0.25, 0.3) is 0 Å². The van der Waals surface area contributed by atoms with Gasteiger partial charge in [-0.3, -0.25) is 4.98 Å². The Balaban J connectivity index is 2.23. The third-order valence-electron chi connectivity index (χ3n) is 2.74. The average Bonchev–Trinajstić information content (AvgIpc) is 2.81. The molecule has 0 aliphatic carbocycles. The summed E-state index contributed by atoms with van der Waals surface area (Å²) < 4.78 is 31.4. The SMILES string of the molecule is Cc1cnccc1CNS(=O)(=O)c1cc(C(=O)O)oc1Br. The van der Waals surface area contributed by atoms with E-state index >= 15 is 0 Å². The van der Waals surface area contributed by atoms with Gasteiger partial charge in [-0.1, -0.05) is 0 Å². The maximum atomic E-state index is 12.2. The molecule has 0 saturated carbocycles. The summed E-state index contributed by atoms with van der Waals surface area (Å²) in [4.78, 5) is 14.4. The van der Waals surface area contributed by atoms with Crippen molar-refractivity contribution in [3.63, 3.8) is 0 Å². The lowest BCUT2D eigenvalue weighted by molar-refractivity contribution is 0.0661. The maximum absolute atomic E-state index is 12.2. The normalized spacial score (nSPS) is 11.5. The van der Waals surface area contributed by atoms with Gasteiger partial charge in [0.15, 0.2) is 4.67 Å². The Kier molecular flexibility index (Phi) is 4.45. The Bertz CT molecular complexity index is 785. The second-order valence-electron chi connectivity index (χ2n) is 4.18. The monoisotopic (exact) mass is 374 g/mol. The Morgan fingerprint density at radius 2 is 2.24 bits per heavy atom. The molecule has 2 aromatic heterocycles. The highest BCUT2D eigenvalue weighted by molar-refractivity contribution is 9.10. The lowest BCUT2D eigenvalue weighted by Gasteiger charge is -2.07. The molecule has 0 fully saturated rings. The fourth-order valence-electron chi connectivity index (χ4n) is 1.59. The van der Waals surface area contributed by atoms with E-state index in [0.717, 1.165) is 17.2 Å². The molecule has 21 heavy (non-hydrogen) atoms. The van der Waals surface area contributed by atoms with Crippen LogP contribution in [-0.2, 0) is 16.6 Å². The zero-order valence-corrected chi connectivity index (χ0v) is 13.2. The predicted octanol–water partition coefficient (Wildman–Crippen LogP) is 1.92. The minimum atomic E-state index is -3.89. The van der Waals surface area contributed by atoms with Gasteiger partial charge in [0.2, 0.25) is 15.8 Å². The number of nitrogens with zero attached hydrogens (tertiary/aromatic N) is 1. The highest BCUT2D eigenvalue weighted by atomic mass is 79.9. The summed E-state index contributed by atoms with van der Waals surface area (Å²) in [7, 11) is -3.89. The van der Waals surface area contributed by atoms with Crippen molar-refractivity contribution in [1.29, 1.82) is 0 Å². The van der Waals surface area contributed by atoms with E-state index in [4.69, 9.17) is 9.52 Å². The number of carboxylic acids is 1. The Morgan fingerprint density at radius 1 is 1.52 bits per heavy atom. The summed E-state index contributed by atoms with van der Waals surface area (Å²) >= 11 is 2.90. The molecule has 7 nitrogen and oxygen atoms in total.